The van der Waals surface area contributed by atoms with Gasteiger partial charge in [0.1, 0.15) is 116 Å². The second-order valence-corrected chi connectivity index (χ2v) is 30.4. The van der Waals surface area contributed by atoms with Gasteiger partial charge in [0, 0.05) is 26.7 Å². The van der Waals surface area contributed by atoms with E-state index in [9.17, 15) is 101 Å². The molecule has 34 heteroatoms. The molecule has 3 amide bonds. The first-order valence-corrected chi connectivity index (χ1v) is 40.5. The van der Waals surface area contributed by atoms with Gasteiger partial charge in [-0.15, -0.1) is 0 Å². The number of unbranched alkanes of at least 4 members (excludes halogenated alkanes) is 25. The molecule has 0 aromatic rings. The Hall–Kier alpha value is -3.42. The first kappa shape index (κ1) is 97.2. The first-order valence-electron chi connectivity index (χ1n) is 40.5. The zero-order chi connectivity index (χ0) is 81.0. The van der Waals surface area contributed by atoms with Crippen molar-refractivity contribution in [2.45, 2.75) is 405 Å². The van der Waals surface area contributed by atoms with E-state index in [0.29, 0.717) is 12.8 Å². The maximum atomic E-state index is 14.9. The van der Waals surface area contributed by atoms with Crippen molar-refractivity contribution in [2.24, 2.45) is 0 Å². The summed E-state index contributed by atoms with van der Waals surface area (Å²) in [6.45, 7) is 3.25. The summed E-state index contributed by atoms with van der Waals surface area (Å²) in [4.78, 5) is 54.3. The van der Waals surface area contributed by atoms with Gasteiger partial charge in [-0.1, -0.05) is 180 Å². The molecule has 0 unspecified atom stereocenters. The number of hydrogen-bond acceptors (Lipinski definition) is 31. The van der Waals surface area contributed by atoms with Gasteiger partial charge in [0.25, 0.3) is 5.79 Å². The molecule has 5 heterocycles. The minimum Gasteiger partial charge on any atom is -0.459 e. The number of aliphatic hydroxyl groups is 16. The van der Waals surface area contributed by atoms with Gasteiger partial charge in [0.2, 0.25) is 17.7 Å². The van der Waals surface area contributed by atoms with Crippen LogP contribution in [0.3, 0.4) is 0 Å². The summed E-state index contributed by atoms with van der Waals surface area (Å²) in [5.74, 6) is -6.81. The number of hydrogen-bond donors (Lipinski definition) is 19. The third kappa shape index (κ3) is 30.3. The second kappa shape index (κ2) is 51.6. The number of ether oxygens (including phenoxy) is 11. The van der Waals surface area contributed by atoms with Gasteiger partial charge in [0.05, 0.1) is 70.0 Å². The molecule has 0 aromatic carbocycles. The molecule has 28 atom stereocenters. The molecule has 19 N–H and O–H groups in total. The van der Waals surface area contributed by atoms with E-state index < -0.39 is 241 Å². The summed E-state index contributed by atoms with van der Waals surface area (Å²) in [6.07, 6.45) is -16.9. The Balaban J connectivity index is 1.44. The Morgan fingerprint density at radius 2 is 0.936 bits per heavy atom. The molecule has 0 saturated carbocycles. The molecule has 0 spiro atoms. The minimum atomic E-state index is -3.17. The van der Waals surface area contributed by atoms with Crippen LogP contribution in [0.2, 0.25) is 0 Å². The Bertz CT molecular complexity index is 2570. The van der Waals surface area contributed by atoms with Crippen molar-refractivity contribution in [1.29, 1.82) is 0 Å². The molecule has 5 aliphatic heterocycles. The van der Waals surface area contributed by atoms with Crippen LogP contribution in [0.25, 0.3) is 0 Å². The van der Waals surface area contributed by atoms with Crippen LogP contribution in [-0.4, -0.2) is 322 Å². The predicted octanol–water partition coefficient (Wildman–Crippen LogP) is -0.175. The van der Waals surface area contributed by atoms with E-state index in [4.69, 9.17) is 52.1 Å². The third-order valence-electron chi connectivity index (χ3n) is 20.9. The van der Waals surface area contributed by atoms with Crippen LogP contribution >= 0.6 is 0 Å². The molecule has 642 valence electrons. The van der Waals surface area contributed by atoms with Crippen molar-refractivity contribution >= 4 is 23.7 Å². The number of amides is 3. The molecular weight excluding hydrogens is 1450 g/mol. The highest BCUT2D eigenvalue weighted by molar-refractivity contribution is 5.79. The van der Waals surface area contributed by atoms with E-state index in [1.165, 1.54) is 117 Å². The van der Waals surface area contributed by atoms with Crippen LogP contribution in [0.5, 0.6) is 0 Å². The van der Waals surface area contributed by atoms with Crippen molar-refractivity contribution in [3.63, 3.8) is 0 Å². The molecule has 34 nitrogen and oxygen atoms in total. The molecule has 0 radical (unpaired) electrons. The van der Waals surface area contributed by atoms with E-state index in [1.54, 1.807) is 6.08 Å². The SMILES string of the molecule is CCCCCCCCCCCCCC=C[C@@H](O)[C@H](CO[C@@H]1O[C@H](CO)[C@@H](O[C@@H]2O[C@H](CO)[C@H](O[C@@H]3O[C@H](CO)[C@H](O)[C@H](O[C@@H]4O[C@H](CO)[C@H](O)[C@H](O)[C@H]4O)[C@H]3NC(C)=O)[C@H](O[C@@]3(C(=O)OC(C)C)C[C@@H](O)[C@H](NC(C)=O)[C@@H]([C@H](O)[C@H](O)CO)O3)[C@H]2O)[C@H](O)[C@H]1O)NC(=O)CCCCCCCCCCCCCCCCC. The number of esters is 1. The van der Waals surface area contributed by atoms with Gasteiger partial charge in [-0.2, -0.15) is 0 Å². The zero-order valence-electron chi connectivity index (χ0n) is 65.3. The molecule has 5 fully saturated rings. The van der Waals surface area contributed by atoms with Crippen LogP contribution in [0.15, 0.2) is 12.2 Å². The largest absolute Gasteiger partial charge is 0.459 e. The summed E-state index contributed by atoms with van der Waals surface area (Å²) in [5, 5.41) is 188. The highest BCUT2D eigenvalue weighted by Crippen LogP contribution is 2.42. The molecule has 5 rings (SSSR count). The second-order valence-electron chi connectivity index (χ2n) is 30.4. The summed E-state index contributed by atoms with van der Waals surface area (Å²) < 4.78 is 66.9. The average Bonchev–Trinajstić information content (AvgIpc) is 0.744. The van der Waals surface area contributed by atoms with Crippen LogP contribution in [-0.2, 0) is 71.3 Å². The summed E-state index contributed by atoms with van der Waals surface area (Å²) in [5.41, 5.74) is 0. The van der Waals surface area contributed by atoms with Gasteiger partial charge in [0.15, 0.2) is 25.2 Å². The molecule has 0 bridgehead atoms. The van der Waals surface area contributed by atoms with Gasteiger partial charge in [-0.05, 0) is 33.1 Å². The molecule has 0 aliphatic carbocycles. The molecular formula is C76H137N3O31. The standard InChI is InChI=1S/C76H137N3O31/c1-7-9-11-13-15-17-19-21-22-24-26-28-30-32-34-36-55(90)79-47(48(87)35-33-31-29-27-25-23-20-18-16-14-12-10-8-2)43-100-72-64(97)62(95)66(53(41-83)104-72)106-74-65(98)70(110-76(75(99)101-44(3)4)37-49(88)56(77-45(5)85)69(109-76)58(91)50(89)38-80)67(54(42-84)105-74)107-71-57(78-46(6)86)68(60(93)52(40-82)102-71)108-73-63(96)61(94)59(92)51(39-81)103-73/h33,35,44,47-54,56-74,80-84,87-89,91-98H,7-32,34,36-43H2,1-6H3,(H,77,85)(H,78,86)(H,79,90)/t47-,48+,49+,50+,51+,52+,53+,54+,56-,57+,58+,59-,60-,61-,62+,63+,64+,65+,66+,67-,68+,69-,70+,71-,72+,73-,74-,76+/m0/s1. The normalized spacial score (nSPS) is 34.0. The lowest BCUT2D eigenvalue weighted by atomic mass is 9.88. The highest BCUT2D eigenvalue weighted by Gasteiger charge is 2.63. The fourth-order valence-corrected chi connectivity index (χ4v) is 14.6. The van der Waals surface area contributed by atoms with Crippen LogP contribution in [0.4, 0.5) is 0 Å². The lowest BCUT2D eigenvalue weighted by molar-refractivity contribution is -0.404. The van der Waals surface area contributed by atoms with Crippen molar-refractivity contribution in [3.8, 4) is 0 Å². The Labute approximate surface area is 647 Å². The van der Waals surface area contributed by atoms with Crippen molar-refractivity contribution in [1.82, 2.24) is 16.0 Å². The minimum absolute atomic E-state index is 0.140. The lowest BCUT2D eigenvalue weighted by Crippen LogP contribution is -2.72. The maximum Gasteiger partial charge on any atom is 0.367 e. The van der Waals surface area contributed by atoms with E-state index >= 15 is 0 Å². The number of nitrogens with one attached hydrogen (secondary N) is 3. The van der Waals surface area contributed by atoms with Gasteiger partial charge in [-0.3, -0.25) is 14.4 Å². The topological polar surface area (TPSA) is 530 Å². The fourth-order valence-electron chi connectivity index (χ4n) is 14.6. The van der Waals surface area contributed by atoms with Crippen LogP contribution in [0.1, 0.15) is 228 Å². The Morgan fingerprint density at radius 1 is 0.491 bits per heavy atom. The zero-order valence-corrected chi connectivity index (χ0v) is 65.3. The Morgan fingerprint density at radius 3 is 1.45 bits per heavy atom. The highest BCUT2D eigenvalue weighted by atomic mass is 16.8. The van der Waals surface area contributed by atoms with Crippen LogP contribution < -0.4 is 16.0 Å². The number of carbonyl (C=O) groups is 4. The fraction of sp³-hybridized carbons (Fsp3) is 0.921. The van der Waals surface area contributed by atoms with E-state index in [2.05, 4.69) is 29.8 Å². The van der Waals surface area contributed by atoms with Gasteiger partial charge < -0.3 is 150 Å². The van der Waals surface area contributed by atoms with Crippen molar-refractivity contribution < 1.29 is 153 Å². The van der Waals surface area contributed by atoms with E-state index in [0.717, 1.165) is 71.6 Å². The molecule has 0 aromatic heterocycles. The van der Waals surface area contributed by atoms with E-state index in [1.807, 2.05) is 6.08 Å². The number of allylic oxidation sites excluding steroid dienone is 1. The smallest absolute Gasteiger partial charge is 0.367 e. The summed E-state index contributed by atoms with van der Waals surface area (Å²) in [6, 6.07) is -4.73. The van der Waals surface area contributed by atoms with Crippen molar-refractivity contribution in [3.05, 3.63) is 12.2 Å². The van der Waals surface area contributed by atoms with Gasteiger partial charge >= 0.3 is 5.97 Å². The molecule has 5 saturated heterocycles. The van der Waals surface area contributed by atoms with Gasteiger partial charge in [-0.25, -0.2) is 4.79 Å². The number of rotatable bonds is 53. The summed E-state index contributed by atoms with van der Waals surface area (Å²) in [7, 11) is 0. The first-order chi connectivity index (χ1) is 52.6. The third-order valence-corrected chi connectivity index (χ3v) is 20.9. The maximum absolute atomic E-state index is 14.9. The monoisotopic (exact) mass is 1590 g/mol. The summed E-state index contributed by atoms with van der Waals surface area (Å²) >= 11 is 0. The Kier molecular flexibility index (Phi) is 45.6. The molecule has 110 heavy (non-hydrogen) atoms. The average molecular weight is 1590 g/mol. The predicted molar refractivity (Wildman–Crippen MR) is 392 cm³/mol. The van der Waals surface area contributed by atoms with Crippen LogP contribution in [0, 0.1) is 0 Å². The lowest BCUT2D eigenvalue weighted by Gasteiger charge is -2.53. The number of aliphatic hydroxyl groups excluding tert-OH is 16. The molecule has 5 aliphatic rings. The van der Waals surface area contributed by atoms with E-state index in [-0.39, 0.29) is 12.3 Å². The quantitative estimate of drug-likeness (QED) is 0.0213. The van der Waals surface area contributed by atoms with Crippen molar-refractivity contribution in [2.75, 3.05) is 39.6 Å². The number of carbonyl (C=O) groups excluding carboxylic acids is 4.